The van der Waals surface area contributed by atoms with Crippen LogP contribution >= 0.6 is 0 Å². The Kier molecular flexibility index (Phi) is 11.0. The van der Waals surface area contributed by atoms with Gasteiger partial charge in [-0.15, -0.1) is 0 Å². The Morgan fingerprint density at radius 1 is 1.23 bits per heavy atom. The number of nitrogens with one attached hydrogen (secondary N) is 2. The molecule has 8 heteroatoms. The minimum absolute atomic E-state index is 0.0360. The zero-order valence-electron chi connectivity index (χ0n) is 18.5. The highest BCUT2D eigenvalue weighted by Gasteiger charge is 2.14. The van der Waals surface area contributed by atoms with Crippen LogP contribution in [0.1, 0.15) is 24.8 Å². The number of carbonyl (C=O) groups is 1. The van der Waals surface area contributed by atoms with E-state index in [-0.39, 0.29) is 18.6 Å². The molecule has 0 radical (unpaired) electrons. The van der Waals surface area contributed by atoms with Crippen molar-refractivity contribution in [3.8, 4) is 5.75 Å². The molecule has 1 aromatic carbocycles. The lowest BCUT2D eigenvalue weighted by Gasteiger charge is -2.14. The molecule has 1 aromatic rings. The molecule has 1 unspecified atom stereocenters. The minimum atomic E-state index is -0.0360. The second-order valence-corrected chi connectivity index (χ2v) is 7.47. The van der Waals surface area contributed by atoms with Gasteiger partial charge in [0, 0.05) is 40.4 Å². The number of hydrogen-bond donors (Lipinski definition) is 2. The fourth-order valence-electron chi connectivity index (χ4n) is 2.95. The van der Waals surface area contributed by atoms with Crippen molar-refractivity contribution >= 4 is 11.9 Å². The summed E-state index contributed by atoms with van der Waals surface area (Å²) in [5.41, 5.74) is 1.20. The van der Waals surface area contributed by atoms with Gasteiger partial charge in [-0.2, -0.15) is 0 Å². The number of nitrogens with zero attached hydrogens (tertiary/aromatic N) is 2. The van der Waals surface area contributed by atoms with E-state index in [2.05, 4.69) is 15.6 Å². The van der Waals surface area contributed by atoms with E-state index < -0.39 is 0 Å². The van der Waals surface area contributed by atoms with Gasteiger partial charge in [0.1, 0.15) is 12.3 Å². The summed E-state index contributed by atoms with van der Waals surface area (Å²) in [5.74, 6) is 1.45. The molecule has 1 aliphatic heterocycles. The van der Waals surface area contributed by atoms with Crippen LogP contribution in [0.4, 0.5) is 0 Å². The smallest absolute Gasteiger partial charge is 0.243 e. The first-order valence-corrected chi connectivity index (χ1v) is 10.6. The summed E-state index contributed by atoms with van der Waals surface area (Å²) in [7, 11) is 5.12. The maximum Gasteiger partial charge on any atom is 0.243 e. The molecule has 168 valence electrons. The Hall–Kier alpha value is -2.32. The van der Waals surface area contributed by atoms with Gasteiger partial charge in [0.05, 0.1) is 19.8 Å². The van der Waals surface area contributed by atoms with E-state index in [0.29, 0.717) is 25.7 Å². The molecular formula is C22H36N4O4. The number of benzene rings is 1. The lowest BCUT2D eigenvalue weighted by molar-refractivity contribution is -0.127. The van der Waals surface area contributed by atoms with Gasteiger partial charge >= 0.3 is 0 Å². The first-order chi connectivity index (χ1) is 14.6. The van der Waals surface area contributed by atoms with Gasteiger partial charge in [-0.3, -0.25) is 4.79 Å². The molecule has 30 heavy (non-hydrogen) atoms. The number of methoxy groups -OCH3 is 1. The fraction of sp³-hybridized carbons (Fsp3) is 0.636. The van der Waals surface area contributed by atoms with E-state index in [4.69, 9.17) is 14.2 Å². The van der Waals surface area contributed by atoms with Crippen molar-refractivity contribution in [3.63, 3.8) is 0 Å². The van der Waals surface area contributed by atoms with E-state index in [1.54, 1.807) is 21.2 Å². The molecule has 1 heterocycles. The molecule has 8 nitrogen and oxygen atoms in total. The molecule has 2 N–H and O–H groups in total. The van der Waals surface area contributed by atoms with Crippen LogP contribution in [0.5, 0.6) is 5.75 Å². The Labute approximate surface area is 180 Å². The van der Waals surface area contributed by atoms with Gasteiger partial charge in [0.15, 0.2) is 5.96 Å². The first kappa shape index (κ1) is 24.0. The second kappa shape index (κ2) is 13.8. The number of carbonyl (C=O) groups excluding carboxylic acids is 1. The van der Waals surface area contributed by atoms with Crippen LogP contribution in [0.25, 0.3) is 0 Å². The first-order valence-electron chi connectivity index (χ1n) is 10.6. The molecule has 0 aliphatic carbocycles. The molecule has 0 bridgehead atoms. The number of hydrogen-bond acceptors (Lipinski definition) is 5. The summed E-state index contributed by atoms with van der Waals surface area (Å²) in [6.07, 6.45) is 4.17. The number of amides is 1. The SMILES string of the molecule is COc1ccc(CCNC(=NCC(=O)N(C)C)NCCCOCC2CCCO2)cc1. The van der Waals surface area contributed by atoms with Crippen molar-refractivity contribution in [2.45, 2.75) is 31.8 Å². The maximum absolute atomic E-state index is 11.9. The van der Waals surface area contributed by atoms with Crippen LogP contribution in [0.2, 0.25) is 0 Å². The van der Waals surface area contributed by atoms with E-state index in [1.807, 2.05) is 24.3 Å². The summed E-state index contributed by atoms with van der Waals surface area (Å²) in [6.45, 7) is 3.73. The van der Waals surface area contributed by atoms with Gasteiger partial charge < -0.3 is 29.7 Å². The largest absolute Gasteiger partial charge is 0.497 e. The van der Waals surface area contributed by atoms with E-state index >= 15 is 0 Å². The third-order valence-electron chi connectivity index (χ3n) is 4.82. The number of aliphatic imine (C=N–C) groups is 1. The number of ether oxygens (including phenoxy) is 3. The maximum atomic E-state index is 11.9. The summed E-state index contributed by atoms with van der Waals surface area (Å²) in [4.78, 5) is 17.8. The Bertz CT molecular complexity index is 643. The van der Waals surface area contributed by atoms with Gasteiger partial charge in [-0.05, 0) is 43.4 Å². The van der Waals surface area contributed by atoms with Crippen molar-refractivity contribution in [2.75, 3.05) is 60.7 Å². The van der Waals surface area contributed by atoms with Crippen molar-refractivity contribution < 1.29 is 19.0 Å². The highest BCUT2D eigenvalue weighted by atomic mass is 16.5. The van der Waals surface area contributed by atoms with E-state index in [9.17, 15) is 4.79 Å². The van der Waals surface area contributed by atoms with Crippen LogP contribution in [0.15, 0.2) is 29.3 Å². The highest BCUT2D eigenvalue weighted by Crippen LogP contribution is 2.12. The average molecular weight is 421 g/mol. The second-order valence-electron chi connectivity index (χ2n) is 7.47. The van der Waals surface area contributed by atoms with Crippen LogP contribution in [-0.2, 0) is 20.7 Å². The molecule has 2 rings (SSSR count). The quantitative estimate of drug-likeness (QED) is 0.302. The molecule has 1 fully saturated rings. The predicted molar refractivity (Wildman–Crippen MR) is 118 cm³/mol. The van der Waals surface area contributed by atoms with Gasteiger partial charge in [0.2, 0.25) is 5.91 Å². The zero-order chi connectivity index (χ0) is 21.6. The molecular weight excluding hydrogens is 384 g/mol. The van der Waals surface area contributed by atoms with Crippen molar-refractivity contribution in [1.29, 1.82) is 0 Å². The van der Waals surface area contributed by atoms with Crippen molar-refractivity contribution in [2.24, 2.45) is 4.99 Å². The summed E-state index contributed by atoms with van der Waals surface area (Å²) >= 11 is 0. The summed E-state index contributed by atoms with van der Waals surface area (Å²) in [5, 5.41) is 6.59. The Morgan fingerprint density at radius 2 is 2.00 bits per heavy atom. The minimum Gasteiger partial charge on any atom is -0.497 e. The number of rotatable bonds is 12. The third kappa shape index (κ3) is 9.45. The highest BCUT2D eigenvalue weighted by molar-refractivity contribution is 5.84. The van der Waals surface area contributed by atoms with Crippen LogP contribution in [0, 0.1) is 0 Å². The fourth-order valence-corrected chi connectivity index (χ4v) is 2.95. The molecule has 0 aromatic heterocycles. The Balaban J connectivity index is 1.71. The Morgan fingerprint density at radius 3 is 2.67 bits per heavy atom. The normalized spacial score (nSPS) is 16.4. The number of likely N-dealkylation sites (N-methyl/N-ethyl adjacent to an activating group) is 1. The van der Waals surface area contributed by atoms with Gasteiger partial charge in [-0.1, -0.05) is 12.1 Å². The number of guanidine groups is 1. The van der Waals surface area contributed by atoms with E-state index in [1.165, 1.54) is 10.5 Å². The summed E-state index contributed by atoms with van der Waals surface area (Å²) < 4.78 is 16.4. The van der Waals surface area contributed by atoms with Crippen LogP contribution < -0.4 is 15.4 Å². The molecule has 1 saturated heterocycles. The zero-order valence-corrected chi connectivity index (χ0v) is 18.5. The summed E-state index contributed by atoms with van der Waals surface area (Å²) in [6, 6.07) is 8.00. The molecule has 1 atom stereocenters. The van der Waals surface area contributed by atoms with Crippen LogP contribution in [0.3, 0.4) is 0 Å². The van der Waals surface area contributed by atoms with Gasteiger partial charge in [-0.25, -0.2) is 4.99 Å². The van der Waals surface area contributed by atoms with Crippen LogP contribution in [-0.4, -0.2) is 83.5 Å². The topological polar surface area (TPSA) is 84.4 Å². The standard InChI is InChI=1S/C22H36N4O4/c1-26(2)21(27)16-25-22(23-12-5-14-29-17-20-6-4-15-30-20)24-13-11-18-7-9-19(28-3)10-8-18/h7-10,20H,4-6,11-17H2,1-3H3,(H2,23,24,25). The molecule has 1 amide bonds. The monoisotopic (exact) mass is 420 g/mol. The van der Waals surface area contributed by atoms with Crippen molar-refractivity contribution in [3.05, 3.63) is 29.8 Å². The molecule has 0 spiro atoms. The average Bonchev–Trinajstić information content (AvgIpc) is 3.27. The lowest BCUT2D eigenvalue weighted by Crippen LogP contribution is -2.40. The predicted octanol–water partition coefficient (Wildman–Crippen LogP) is 1.45. The van der Waals surface area contributed by atoms with Crippen molar-refractivity contribution in [1.82, 2.24) is 15.5 Å². The van der Waals surface area contributed by atoms with E-state index in [0.717, 1.165) is 44.6 Å². The third-order valence-corrected chi connectivity index (χ3v) is 4.82. The molecule has 0 saturated carbocycles. The molecule has 1 aliphatic rings. The lowest BCUT2D eigenvalue weighted by atomic mass is 10.1. The van der Waals surface area contributed by atoms with Gasteiger partial charge in [0.25, 0.3) is 0 Å².